The van der Waals surface area contributed by atoms with Crippen molar-refractivity contribution in [3.63, 3.8) is 0 Å². The molecule has 0 saturated heterocycles. The molecule has 2 aromatic rings. The molecule has 0 atom stereocenters. The highest BCUT2D eigenvalue weighted by Gasteiger charge is 2.26. The van der Waals surface area contributed by atoms with E-state index in [0.717, 1.165) is 21.6 Å². The number of thiophene rings is 1. The topological polar surface area (TPSA) is 73.2 Å². The third kappa shape index (κ3) is 3.42. The fourth-order valence-electron chi connectivity index (χ4n) is 3.16. The van der Waals surface area contributed by atoms with Gasteiger partial charge in [0.2, 0.25) is 5.91 Å². The summed E-state index contributed by atoms with van der Waals surface area (Å²) in [5.74, 6) is -0.191. The lowest BCUT2D eigenvalue weighted by Gasteiger charge is -2.25. The lowest BCUT2D eigenvalue weighted by molar-refractivity contribution is -0.129. The maximum atomic E-state index is 12.6. The number of anilines is 1. The first kappa shape index (κ1) is 17.2. The number of hydrogen-bond donors (Lipinski definition) is 1. The van der Waals surface area contributed by atoms with Crippen LogP contribution < -0.4 is 5.32 Å². The maximum absolute atomic E-state index is 12.6. The molecule has 0 bridgehead atoms. The van der Waals surface area contributed by atoms with Crippen molar-refractivity contribution >= 4 is 28.2 Å². The van der Waals surface area contributed by atoms with Crippen molar-refractivity contribution in [2.75, 3.05) is 11.9 Å². The van der Waals surface area contributed by atoms with E-state index >= 15 is 0 Å². The Morgan fingerprint density at radius 3 is 2.52 bits per heavy atom. The summed E-state index contributed by atoms with van der Waals surface area (Å²) >= 11 is 1.39. The van der Waals surface area contributed by atoms with Crippen molar-refractivity contribution in [3.05, 3.63) is 50.9 Å². The first-order valence-corrected chi connectivity index (χ1v) is 8.90. The monoisotopic (exact) mass is 353 g/mol. The van der Waals surface area contributed by atoms with Crippen LogP contribution in [0.2, 0.25) is 0 Å². The highest BCUT2D eigenvalue weighted by Crippen LogP contribution is 2.36. The van der Waals surface area contributed by atoms with E-state index in [1.54, 1.807) is 11.8 Å². The summed E-state index contributed by atoms with van der Waals surface area (Å²) in [5.41, 5.74) is 4.11. The van der Waals surface area contributed by atoms with Crippen LogP contribution in [0.4, 0.5) is 5.00 Å². The molecule has 0 radical (unpaired) electrons. The van der Waals surface area contributed by atoms with Gasteiger partial charge < -0.3 is 10.2 Å². The molecule has 0 unspecified atom stereocenters. The normalized spacial score (nSPS) is 13.1. The Kier molecular flexibility index (Phi) is 4.60. The molecule has 1 aromatic carbocycles. The zero-order valence-corrected chi connectivity index (χ0v) is 15.3. The van der Waals surface area contributed by atoms with Gasteiger partial charge in [-0.3, -0.25) is 9.59 Å². The van der Waals surface area contributed by atoms with E-state index in [0.29, 0.717) is 35.6 Å². The average molecular weight is 353 g/mol. The number of carbonyl (C=O) groups is 2. The fourth-order valence-corrected chi connectivity index (χ4v) is 4.37. The summed E-state index contributed by atoms with van der Waals surface area (Å²) in [7, 11) is 0. The number of fused-ring (bicyclic) bond motifs is 1. The van der Waals surface area contributed by atoms with Gasteiger partial charge in [-0.1, -0.05) is 17.2 Å². The largest absolute Gasteiger partial charge is 0.337 e. The Morgan fingerprint density at radius 1 is 1.24 bits per heavy atom. The van der Waals surface area contributed by atoms with Crippen LogP contribution in [0.5, 0.6) is 0 Å². The number of hydrogen-bond acceptors (Lipinski definition) is 4. The van der Waals surface area contributed by atoms with Crippen LogP contribution in [0.3, 0.4) is 0 Å². The minimum atomic E-state index is -0.217. The van der Waals surface area contributed by atoms with Gasteiger partial charge in [-0.25, -0.2) is 0 Å². The number of nitriles is 1. The van der Waals surface area contributed by atoms with Gasteiger partial charge >= 0.3 is 0 Å². The summed E-state index contributed by atoms with van der Waals surface area (Å²) in [4.78, 5) is 26.9. The van der Waals surface area contributed by atoms with Crippen LogP contribution in [0.1, 0.15) is 44.4 Å². The van der Waals surface area contributed by atoms with Gasteiger partial charge in [0.1, 0.15) is 11.1 Å². The van der Waals surface area contributed by atoms with Crippen LogP contribution >= 0.6 is 11.3 Å². The Morgan fingerprint density at radius 2 is 1.92 bits per heavy atom. The molecule has 2 amide bonds. The Hall–Kier alpha value is -2.65. The van der Waals surface area contributed by atoms with Crippen LogP contribution in [0.25, 0.3) is 0 Å². The molecule has 6 heteroatoms. The van der Waals surface area contributed by atoms with Crippen molar-refractivity contribution in [2.24, 2.45) is 0 Å². The van der Waals surface area contributed by atoms with E-state index in [9.17, 15) is 14.9 Å². The highest BCUT2D eigenvalue weighted by atomic mass is 32.1. The van der Waals surface area contributed by atoms with Gasteiger partial charge in [-0.05, 0) is 38.0 Å². The second-order valence-corrected chi connectivity index (χ2v) is 7.45. The number of benzene rings is 1. The molecule has 1 aliphatic rings. The van der Waals surface area contributed by atoms with E-state index in [-0.39, 0.29) is 11.8 Å². The molecule has 0 saturated carbocycles. The zero-order valence-electron chi connectivity index (χ0n) is 14.5. The molecule has 2 heterocycles. The molecule has 5 nitrogen and oxygen atoms in total. The predicted molar refractivity (Wildman–Crippen MR) is 97.7 cm³/mol. The number of amides is 2. The predicted octanol–water partition coefficient (Wildman–Crippen LogP) is 3.39. The SMILES string of the molecule is CC(=O)N1CCc2c(sc(NC(=O)c3cc(C)cc(C)c3)c2C#N)C1. The number of nitrogens with zero attached hydrogens (tertiary/aromatic N) is 2. The summed E-state index contributed by atoms with van der Waals surface area (Å²) < 4.78 is 0. The summed E-state index contributed by atoms with van der Waals surface area (Å²) in [6.45, 7) is 6.56. The minimum absolute atomic E-state index is 0.0263. The number of carbonyl (C=O) groups excluding carboxylic acids is 2. The molecule has 0 aliphatic carbocycles. The average Bonchev–Trinajstić information content (AvgIpc) is 2.89. The maximum Gasteiger partial charge on any atom is 0.256 e. The third-order valence-corrected chi connectivity index (χ3v) is 5.46. The smallest absolute Gasteiger partial charge is 0.256 e. The number of aryl methyl sites for hydroxylation is 2. The first-order chi connectivity index (χ1) is 11.9. The lowest BCUT2D eigenvalue weighted by Crippen LogP contribution is -2.33. The molecule has 1 aliphatic heterocycles. The van der Waals surface area contributed by atoms with Crippen LogP contribution in [-0.2, 0) is 17.8 Å². The molecule has 1 N–H and O–H groups in total. The molecule has 3 rings (SSSR count). The second-order valence-electron chi connectivity index (χ2n) is 6.34. The second kappa shape index (κ2) is 6.69. The summed E-state index contributed by atoms with van der Waals surface area (Å²) in [6.07, 6.45) is 0.647. The van der Waals surface area contributed by atoms with E-state index in [1.807, 2.05) is 32.0 Å². The Balaban J connectivity index is 1.90. The van der Waals surface area contributed by atoms with Gasteiger partial charge in [-0.2, -0.15) is 5.26 Å². The van der Waals surface area contributed by atoms with Gasteiger partial charge in [0, 0.05) is 23.9 Å². The number of nitrogens with one attached hydrogen (secondary N) is 1. The first-order valence-electron chi connectivity index (χ1n) is 8.09. The van der Waals surface area contributed by atoms with Crippen molar-refractivity contribution in [1.29, 1.82) is 5.26 Å². The minimum Gasteiger partial charge on any atom is -0.337 e. The van der Waals surface area contributed by atoms with Gasteiger partial charge in [-0.15, -0.1) is 11.3 Å². The van der Waals surface area contributed by atoms with E-state index in [2.05, 4.69) is 11.4 Å². The van der Waals surface area contributed by atoms with Gasteiger partial charge in [0.15, 0.2) is 0 Å². The molecule has 1 aromatic heterocycles. The van der Waals surface area contributed by atoms with Crippen molar-refractivity contribution < 1.29 is 9.59 Å². The van der Waals surface area contributed by atoms with Crippen LogP contribution in [0, 0.1) is 25.2 Å². The van der Waals surface area contributed by atoms with E-state index < -0.39 is 0 Å². The lowest BCUT2D eigenvalue weighted by atomic mass is 10.0. The highest BCUT2D eigenvalue weighted by molar-refractivity contribution is 7.16. The summed E-state index contributed by atoms with van der Waals surface area (Å²) in [6, 6.07) is 7.90. The molecular formula is C19H19N3O2S. The van der Waals surface area contributed by atoms with Gasteiger partial charge in [0.25, 0.3) is 5.91 Å². The zero-order chi connectivity index (χ0) is 18.1. The van der Waals surface area contributed by atoms with Crippen LogP contribution in [-0.4, -0.2) is 23.3 Å². The Labute approximate surface area is 150 Å². The van der Waals surface area contributed by atoms with Crippen molar-refractivity contribution in [3.8, 4) is 6.07 Å². The third-order valence-electron chi connectivity index (χ3n) is 4.32. The molecule has 25 heavy (non-hydrogen) atoms. The standard InChI is InChI=1S/C19H19N3O2S/c1-11-6-12(2)8-14(7-11)18(24)21-19-16(9-20)15-4-5-22(13(3)23)10-17(15)25-19/h6-8H,4-5,10H2,1-3H3,(H,21,24). The molecular weight excluding hydrogens is 334 g/mol. The van der Waals surface area contributed by atoms with E-state index in [4.69, 9.17) is 0 Å². The number of rotatable bonds is 2. The quantitative estimate of drug-likeness (QED) is 0.899. The van der Waals surface area contributed by atoms with E-state index in [1.165, 1.54) is 11.3 Å². The Bertz CT molecular complexity index is 888. The van der Waals surface area contributed by atoms with Crippen molar-refractivity contribution in [1.82, 2.24) is 4.90 Å². The van der Waals surface area contributed by atoms with Gasteiger partial charge in [0.05, 0.1) is 12.1 Å². The molecule has 0 fully saturated rings. The van der Waals surface area contributed by atoms with Crippen LogP contribution in [0.15, 0.2) is 18.2 Å². The van der Waals surface area contributed by atoms with Crippen molar-refractivity contribution in [2.45, 2.75) is 33.7 Å². The molecule has 128 valence electrons. The molecule has 0 spiro atoms. The fraction of sp³-hybridized carbons (Fsp3) is 0.316. The summed E-state index contributed by atoms with van der Waals surface area (Å²) in [5, 5.41) is 13.0.